The molecule has 1 fully saturated rings. The van der Waals surface area contributed by atoms with Gasteiger partial charge in [-0.1, -0.05) is 18.2 Å². The van der Waals surface area contributed by atoms with Gasteiger partial charge < -0.3 is 9.64 Å². The number of nitrogens with one attached hydrogen (secondary N) is 2. The number of amides is 3. The number of para-hydroxylation sites is 1. The predicted molar refractivity (Wildman–Crippen MR) is 108 cm³/mol. The summed E-state index contributed by atoms with van der Waals surface area (Å²) in [5, 5.41) is 0. The largest absolute Gasteiger partial charge is 0.493 e. The summed E-state index contributed by atoms with van der Waals surface area (Å²) < 4.78 is 18.5. The molecule has 0 aromatic heterocycles. The average molecular weight is 413 g/mol. The molecule has 0 aliphatic carbocycles. The number of halogens is 1. The van der Waals surface area contributed by atoms with Crippen molar-refractivity contribution in [2.24, 2.45) is 5.92 Å². The minimum atomic E-state index is -0.537. The fraction of sp³-hybridized carbons (Fsp3) is 0.318. The van der Waals surface area contributed by atoms with Crippen LogP contribution in [-0.2, 0) is 9.59 Å². The summed E-state index contributed by atoms with van der Waals surface area (Å²) in [5.74, 6) is -1.12. The highest BCUT2D eigenvalue weighted by molar-refractivity contribution is 5.95. The van der Waals surface area contributed by atoms with Gasteiger partial charge in [-0.15, -0.1) is 0 Å². The Labute approximate surface area is 174 Å². The number of hydrazine groups is 1. The van der Waals surface area contributed by atoms with Crippen LogP contribution >= 0.6 is 0 Å². The first-order valence-corrected chi connectivity index (χ1v) is 9.84. The van der Waals surface area contributed by atoms with Crippen molar-refractivity contribution in [3.05, 3.63) is 66.0 Å². The molecule has 1 aliphatic rings. The van der Waals surface area contributed by atoms with Gasteiger partial charge in [0, 0.05) is 18.7 Å². The van der Waals surface area contributed by atoms with Crippen LogP contribution in [0.25, 0.3) is 0 Å². The van der Waals surface area contributed by atoms with Gasteiger partial charge in [0.25, 0.3) is 5.91 Å². The molecule has 7 nitrogen and oxygen atoms in total. The summed E-state index contributed by atoms with van der Waals surface area (Å²) in [6.07, 6.45) is 1.56. The normalized spacial score (nSPS) is 15.9. The van der Waals surface area contributed by atoms with E-state index in [-0.39, 0.29) is 30.4 Å². The van der Waals surface area contributed by atoms with Crippen LogP contribution in [0.15, 0.2) is 54.6 Å². The van der Waals surface area contributed by atoms with Gasteiger partial charge in [-0.05, 0) is 49.2 Å². The number of likely N-dealkylation sites (tertiary alicyclic amines) is 1. The number of hydrogen-bond donors (Lipinski definition) is 2. The second-order valence-corrected chi connectivity index (χ2v) is 7.04. The van der Waals surface area contributed by atoms with Gasteiger partial charge in [-0.25, -0.2) is 4.39 Å². The number of hydrogen-bond acceptors (Lipinski definition) is 4. The molecule has 3 rings (SSSR count). The lowest BCUT2D eigenvalue weighted by Crippen LogP contribution is -2.50. The Kier molecular flexibility index (Phi) is 7.37. The lowest BCUT2D eigenvalue weighted by molar-refractivity contribution is -0.136. The molecule has 1 heterocycles. The summed E-state index contributed by atoms with van der Waals surface area (Å²) in [6.45, 7) is 1.16. The molecule has 0 bridgehead atoms. The minimum absolute atomic E-state index is 0.0706. The molecule has 0 saturated carbocycles. The van der Waals surface area contributed by atoms with Crippen molar-refractivity contribution in [1.82, 2.24) is 15.8 Å². The van der Waals surface area contributed by atoms with E-state index in [4.69, 9.17) is 4.74 Å². The molecule has 1 atom stereocenters. The van der Waals surface area contributed by atoms with Crippen LogP contribution in [0.1, 0.15) is 29.6 Å². The number of piperidine rings is 1. The van der Waals surface area contributed by atoms with Gasteiger partial charge in [0.1, 0.15) is 11.6 Å². The molecule has 2 N–H and O–H groups in total. The second kappa shape index (κ2) is 10.4. The van der Waals surface area contributed by atoms with Gasteiger partial charge >= 0.3 is 0 Å². The Morgan fingerprint density at radius 2 is 1.77 bits per heavy atom. The van der Waals surface area contributed by atoms with Crippen LogP contribution in [0.4, 0.5) is 4.39 Å². The van der Waals surface area contributed by atoms with E-state index < -0.39 is 17.6 Å². The Bertz CT molecular complexity index is 874. The van der Waals surface area contributed by atoms with E-state index in [1.54, 1.807) is 4.90 Å². The quantitative estimate of drug-likeness (QED) is 0.712. The molecule has 1 aliphatic heterocycles. The van der Waals surface area contributed by atoms with Crippen LogP contribution in [0.3, 0.4) is 0 Å². The first kappa shape index (κ1) is 21.3. The monoisotopic (exact) mass is 413 g/mol. The molecule has 0 radical (unpaired) electrons. The van der Waals surface area contributed by atoms with Crippen molar-refractivity contribution < 1.29 is 23.5 Å². The van der Waals surface area contributed by atoms with Crippen molar-refractivity contribution >= 4 is 17.7 Å². The molecule has 2 aromatic carbocycles. The van der Waals surface area contributed by atoms with E-state index in [9.17, 15) is 18.8 Å². The Morgan fingerprint density at radius 1 is 1.03 bits per heavy atom. The van der Waals surface area contributed by atoms with E-state index in [1.165, 1.54) is 24.3 Å². The van der Waals surface area contributed by atoms with Crippen molar-refractivity contribution in [3.8, 4) is 5.75 Å². The number of carbonyl (C=O) groups excluding carboxylic acids is 3. The molecule has 158 valence electrons. The zero-order valence-electron chi connectivity index (χ0n) is 16.5. The molecule has 1 saturated heterocycles. The minimum Gasteiger partial charge on any atom is -0.493 e. The number of carbonyl (C=O) groups is 3. The molecule has 1 unspecified atom stereocenters. The molecule has 8 heteroatoms. The predicted octanol–water partition coefficient (Wildman–Crippen LogP) is 2.29. The van der Waals surface area contributed by atoms with Crippen molar-refractivity contribution in [3.63, 3.8) is 0 Å². The second-order valence-electron chi connectivity index (χ2n) is 7.04. The Hall–Kier alpha value is -3.42. The fourth-order valence-electron chi connectivity index (χ4n) is 3.24. The van der Waals surface area contributed by atoms with E-state index in [2.05, 4.69) is 10.9 Å². The van der Waals surface area contributed by atoms with Crippen LogP contribution in [-0.4, -0.2) is 42.3 Å². The van der Waals surface area contributed by atoms with E-state index >= 15 is 0 Å². The lowest BCUT2D eigenvalue weighted by Gasteiger charge is -2.32. The summed E-state index contributed by atoms with van der Waals surface area (Å²) in [4.78, 5) is 38.5. The van der Waals surface area contributed by atoms with Crippen molar-refractivity contribution in [2.75, 3.05) is 19.7 Å². The highest BCUT2D eigenvalue weighted by Crippen LogP contribution is 2.17. The molecule has 0 spiro atoms. The summed E-state index contributed by atoms with van der Waals surface area (Å²) >= 11 is 0. The molecule has 3 amide bonds. The highest BCUT2D eigenvalue weighted by atomic mass is 19.1. The number of nitrogens with zero attached hydrogens (tertiary/aromatic N) is 1. The van der Waals surface area contributed by atoms with E-state index in [0.29, 0.717) is 31.7 Å². The van der Waals surface area contributed by atoms with E-state index in [0.717, 1.165) is 0 Å². The number of rotatable bonds is 6. The average Bonchev–Trinajstić information content (AvgIpc) is 2.78. The maximum absolute atomic E-state index is 12.9. The van der Waals surface area contributed by atoms with Crippen LogP contribution < -0.4 is 15.6 Å². The first-order chi connectivity index (χ1) is 14.5. The topological polar surface area (TPSA) is 87.7 Å². The van der Waals surface area contributed by atoms with E-state index in [1.807, 2.05) is 30.3 Å². The van der Waals surface area contributed by atoms with Gasteiger partial charge in [-0.2, -0.15) is 0 Å². The van der Waals surface area contributed by atoms with Gasteiger partial charge in [-0.3, -0.25) is 25.2 Å². The van der Waals surface area contributed by atoms with Gasteiger partial charge in [0.2, 0.25) is 11.8 Å². The lowest BCUT2D eigenvalue weighted by atomic mass is 9.97. The smallest absolute Gasteiger partial charge is 0.269 e. The van der Waals surface area contributed by atoms with Crippen LogP contribution in [0, 0.1) is 11.7 Å². The zero-order chi connectivity index (χ0) is 21.3. The van der Waals surface area contributed by atoms with Crippen LogP contribution in [0.5, 0.6) is 5.75 Å². The van der Waals surface area contributed by atoms with Gasteiger partial charge in [0.05, 0.1) is 18.9 Å². The zero-order valence-corrected chi connectivity index (χ0v) is 16.5. The third-order valence-electron chi connectivity index (χ3n) is 4.88. The molecular weight excluding hydrogens is 389 g/mol. The summed E-state index contributed by atoms with van der Waals surface area (Å²) in [7, 11) is 0. The first-order valence-electron chi connectivity index (χ1n) is 9.84. The van der Waals surface area contributed by atoms with Crippen molar-refractivity contribution in [1.29, 1.82) is 0 Å². The maximum Gasteiger partial charge on any atom is 0.269 e. The van der Waals surface area contributed by atoms with Gasteiger partial charge in [0.15, 0.2) is 0 Å². The third-order valence-corrected chi connectivity index (χ3v) is 4.88. The summed E-state index contributed by atoms with van der Waals surface area (Å²) in [5.41, 5.74) is 4.95. The number of benzene rings is 2. The van der Waals surface area contributed by atoms with Crippen LogP contribution in [0.2, 0.25) is 0 Å². The number of ether oxygens (including phenoxy) is 1. The molecular formula is C22H24FN3O4. The molecule has 2 aromatic rings. The molecule has 30 heavy (non-hydrogen) atoms. The Balaban J connectivity index is 1.42. The standard InChI is InChI=1S/C22H24FN3O4/c23-18-10-8-16(9-11-18)21(28)24-25-22(29)17-5-4-13-26(15-17)20(27)12-14-30-19-6-2-1-3-7-19/h1-3,6-11,17H,4-5,12-15H2,(H,24,28)(H,25,29). The Morgan fingerprint density at radius 3 is 2.50 bits per heavy atom. The summed E-state index contributed by atoms with van der Waals surface area (Å²) in [6, 6.07) is 14.3. The third kappa shape index (κ3) is 6.04. The highest BCUT2D eigenvalue weighted by Gasteiger charge is 2.28. The fourth-order valence-corrected chi connectivity index (χ4v) is 3.24. The van der Waals surface area contributed by atoms with Crippen molar-refractivity contribution in [2.45, 2.75) is 19.3 Å². The maximum atomic E-state index is 12.9. The SMILES string of the molecule is O=C(NNC(=O)C1CCCN(C(=O)CCOc2ccccc2)C1)c1ccc(F)cc1.